The summed E-state index contributed by atoms with van der Waals surface area (Å²) in [6.07, 6.45) is -1.71. The van der Waals surface area contributed by atoms with E-state index in [1.54, 1.807) is 12.3 Å². The number of fused-ring (bicyclic) bond motifs is 1. The average molecular weight is 585 g/mol. The monoisotopic (exact) mass is 584 g/mol. The van der Waals surface area contributed by atoms with Gasteiger partial charge < -0.3 is 14.7 Å². The molecule has 3 aromatic heterocycles. The zero-order chi connectivity index (χ0) is 29.5. The van der Waals surface area contributed by atoms with Gasteiger partial charge in [-0.2, -0.15) is 23.4 Å². The van der Waals surface area contributed by atoms with Gasteiger partial charge in [0.25, 0.3) is 5.91 Å². The number of aromatic nitrogens is 5. The molecular formula is C27H20ClF3N6O4. The number of carbonyl (C=O) groups is 2. The van der Waals surface area contributed by atoms with Gasteiger partial charge in [0.05, 0.1) is 40.0 Å². The van der Waals surface area contributed by atoms with Crippen LogP contribution in [0.5, 0.6) is 5.75 Å². The number of anilines is 1. The summed E-state index contributed by atoms with van der Waals surface area (Å²) in [5.74, 6) is -1.39. The van der Waals surface area contributed by atoms with E-state index in [2.05, 4.69) is 15.2 Å². The summed E-state index contributed by atoms with van der Waals surface area (Å²) in [5, 5.41) is 16.4. The molecule has 14 heteroatoms. The highest BCUT2D eigenvalue weighted by Crippen LogP contribution is 2.37. The molecule has 2 aromatic carbocycles. The molecule has 0 aliphatic heterocycles. The van der Waals surface area contributed by atoms with E-state index in [0.717, 1.165) is 10.4 Å². The van der Waals surface area contributed by atoms with Crippen molar-refractivity contribution in [2.24, 2.45) is 0 Å². The highest BCUT2D eigenvalue weighted by Gasteiger charge is 2.39. The Kier molecular flexibility index (Phi) is 7.13. The zero-order valence-corrected chi connectivity index (χ0v) is 22.2. The second-order valence-corrected chi connectivity index (χ2v) is 9.33. The fourth-order valence-corrected chi connectivity index (χ4v) is 4.32. The van der Waals surface area contributed by atoms with E-state index in [4.69, 9.17) is 21.4 Å². The van der Waals surface area contributed by atoms with Gasteiger partial charge in [-0.05, 0) is 49.4 Å². The number of halogens is 4. The Morgan fingerprint density at radius 1 is 1.07 bits per heavy atom. The predicted octanol–water partition coefficient (Wildman–Crippen LogP) is 5.45. The molecule has 1 N–H and O–H groups in total. The van der Waals surface area contributed by atoms with E-state index < -0.39 is 35.4 Å². The van der Waals surface area contributed by atoms with Crippen molar-refractivity contribution in [2.75, 3.05) is 11.9 Å². The van der Waals surface area contributed by atoms with Gasteiger partial charge in [-0.3, -0.25) is 4.79 Å². The van der Waals surface area contributed by atoms with E-state index in [0.29, 0.717) is 11.3 Å². The van der Waals surface area contributed by atoms with Crippen molar-refractivity contribution in [1.82, 2.24) is 24.4 Å². The molecule has 5 aromatic rings. The molecule has 3 heterocycles. The summed E-state index contributed by atoms with van der Waals surface area (Å²) in [6.45, 7) is 1.39. The van der Waals surface area contributed by atoms with Crippen LogP contribution in [0.2, 0.25) is 5.02 Å². The Labute approximate surface area is 235 Å². The summed E-state index contributed by atoms with van der Waals surface area (Å²) in [4.78, 5) is 30.1. The SMILES string of the molecule is Cc1cc2ncc(N(C)C(=O)c3cccc(-n4nc(C(F)(F)F)c(Cl)c4COc4ccc(C(=O)O)cc4)c3)cn2n1. The van der Waals surface area contributed by atoms with Gasteiger partial charge in [0.2, 0.25) is 0 Å². The predicted molar refractivity (Wildman–Crippen MR) is 142 cm³/mol. The van der Waals surface area contributed by atoms with E-state index >= 15 is 0 Å². The first-order valence-electron chi connectivity index (χ1n) is 11.9. The molecular weight excluding hydrogens is 565 g/mol. The number of ether oxygens (including phenoxy) is 1. The molecule has 5 rings (SSSR count). The fourth-order valence-electron chi connectivity index (χ4n) is 4.04. The first-order chi connectivity index (χ1) is 19.4. The number of alkyl halides is 3. The number of carbonyl (C=O) groups excluding carboxylic acids is 1. The Hall–Kier alpha value is -4.91. The Morgan fingerprint density at radius 3 is 2.49 bits per heavy atom. The first kappa shape index (κ1) is 27.6. The summed E-state index contributed by atoms with van der Waals surface area (Å²) >= 11 is 6.13. The van der Waals surface area contributed by atoms with Crippen LogP contribution < -0.4 is 9.64 Å². The van der Waals surface area contributed by atoms with Crippen molar-refractivity contribution < 1.29 is 32.6 Å². The molecule has 0 saturated carbocycles. The third-order valence-electron chi connectivity index (χ3n) is 6.11. The number of carboxylic acids is 1. The molecule has 10 nitrogen and oxygen atoms in total. The smallest absolute Gasteiger partial charge is 0.436 e. The number of aromatic carboxylic acids is 1. The van der Waals surface area contributed by atoms with Crippen molar-refractivity contribution in [3.05, 3.63) is 100 Å². The van der Waals surface area contributed by atoms with Crippen LogP contribution in [0.3, 0.4) is 0 Å². The van der Waals surface area contributed by atoms with Gasteiger partial charge in [0, 0.05) is 18.7 Å². The highest BCUT2D eigenvalue weighted by atomic mass is 35.5. The highest BCUT2D eigenvalue weighted by molar-refractivity contribution is 6.32. The normalized spacial score (nSPS) is 11.6. The largest absolute Gasteiger partial charge is 0.487 e. The lowest BCUT2D eigenvalue weighted by Gasteiger charge is -2.18. The molecule has 0 unspecified atom stereocenters. The Bertz CT molecular complexity index is 1780. The average Bonchev–Trinajstić information content (AvgIpc) is 3.49. The quantitative estimate of drug-likeness (QED) is 0.270. The van der Waals surface area contributed by atoms with Gasteiger partial charge in [0.1, 0.15) is 18.1 Å². The number of carboxylic acid groups (broad SMARTS) is 1. The number of hydrogen-bond donors (Lipinski definition) is 1. The maximum atomic E-state index is 13.7. The summed E-state index contributed by atoms with van der Waals surface area (Å²) in [7, 11) is 1.54. The molecule has 0 saturated heterocycles. The van der Waals surface area contributed by atoms with Crippen LogP contribution in [0.15, 0.2) is 67.0 Å². The molecule has 210 valence electrons. The number of amides is 1. The van der Waals surface area contributed by atoms with Crippen LogP contribution in [0.1, 0.15) is 37.8 Å². The topological polar surface area (TPSA) is 115 Å². The summed E-state index contributed by atoms with van der Waals surface area (Å²) in [5.41, 5.74) is 0.685. The summed E-state index contributed by atoms with van der Waals surface area (Å²) in [6, 6.07) is 13.0. The standard InChI is InChI=1S/C27H20ClF3N6O4/c1-15-10-22-32-12-19(13-36(22)33-15)35(2)25(38)17-4-3-5-18(11-17)37-21(23(28)24(34-37)27(29,30)31)14-41-20-8-6-16(7-9-20)26(39)40/h3-13H,14H2,1-2H3,(H,39,40). The molecule has 0 fully saturated rings. The number of benzene rings is 2. The minimum Gasteiger partial charge on any atom is -0.487 e. The first-order valence-corrected chi connectivity index (χ1v) is 12.3. The van der Waals surface area contributed by atoms with Crippen molar-refractivity contribution in [3.63, 3.8) is 0 Å². The number of aryl methyl sites for hydroxylation is 1. The van der Waals surface area contributed by atoms with Crippen LogP contribution in [0, 0.1) is 6.92 Å². The fraction of sp³-hybridized carbons (Fsp3) is 0.148. The lowest BCUT2D eigenvalue weighted by Crippen LogP contribution is -2.26. The van der Waals surface area contributed by atoms with Crippen LogP contribution in [-0.4, -0.2) is 48.4 Å². The molecule has 0 aliphatic rings. The van der Waals surface area contributed by atoms with Gasteiger partial charge >= 0.3 is 12.1 Å². The number of nitrogens with zero attached hydrogens (tertiary/aromatic N) is 6. The van der Waals surface area contributed by atoms with Crippen LogP contribution in [0.25, 0.3) is 11.3 Å². The Morgan fingerprint density at radius 2 is 1.80 bits per heavy atom. The molecule has 1 amide bonds. The van der Waals surface area contributed by atoms with E-state index in [1.165, 1.54) is 71.2 Å². The minimum absolute atomic E-state index is 0.0154. The van der Waals surface area contributed by atoms with Crippen LogP contribution in [-0.2, 0) is 12.8 Å². The zero-order valence-electron chi connectivity index (χ0n) is 21.4. The maximum Gasteiger partial charge on any atom is 0.436 e. The molecule has 0 spiro atoms. The molecule has 0 atom stereocenters. The van der Waals surface area contributed by atoms with Crippen LogP contribution in [0.4, 0.5) is 18.9 Å². The minimum atomic E-state index is -4.86. The van der Waals surface area contributed by atoms with Gasteiger partial charge in [-0.1, -0.05) is 17.7 Å². The summed E-state index contributed by atoms with van der Waals surface area (Å²) < 4.78 is 49.3. The van der Waals surface area contributed by atoms with Gasteiger partial charge in [0.15, 0.2) is 11.3 Å². The third kappa shape index (κ3) is 5.57. The second-order valence-electron chi connectivity index (χ2n) is 8.95. The third-order valence-corrected chi connectivity index (χ3v) is 6.51. The number of rotatable bonds is 7. The van der Waals surface area contributed by atoms with Crippen LogP contribution >= 0.6 is 11.6 Å². The van der Waals surface area contributed by atoms with Gasteiger partial charge in [-0.15, -0.1) is 0 Å². The van der Waals surface area contributed by atoms with Crippen molar-refractivity contribution in [1.29, 1.82) is 0 Å². The lowest BCUT2D eigenvalue weighted by atomic mass is 10.1. The van der Waals surface area contributed by atoms with E-state index in [-0.39, 0.29) is 28.3 Å². The van der Waals surface area contributed by atoms with E-state index in [9.17, 15) is 22.8 Å². The molecule has 0 bridgehead atoms. The van der Waals surface area contributed by atoms with Crippen molar-refractivity contribution >= 4 is 34.8 Å². The van der Waals surface area contributed by atoms with Crippen molar-refractivity contribution in [3.8, 4) is 11.4 Å². The number of hydrogen-bond acceptors (Lipinski definition) is 6. The maximum absolute atomic E-state index is 13.7. The Balaban J connectivity index is 1.46. The molecule has 41 heavy (non-hydrogen) atoms. The molecule has 0 aliphatic carbocycles. The van der Waals surface area contributed by atoms with Crippen molar-refractivity contribution in [2.45, 2.75) is 19.7 Å². The lowest BCUT2D eigenvalue weighted by molar-refractivity contribution is -0.141. The van der Waals surface area contributed by atoms with Gasteiger partial charge in [-0.25, -0.2) is 19.0 Å². The van der Waals surface area contributed by atoms with E-state index in [1.807, 2.05) is 6.92 Å². The second kappa shape index (κ2) is 10.6. The molecule has 0 radical (unpaired) electrons.